The summed E-state index contributed by atoms with van der Waals surface area (Å²) >= 11 is 0. The molecule has 0 aliphatic heterocycles. The minimum absolute atomic E-state index is 0.128. The van der Waals surface area contributed by atoms with Gasteiger partial charge in [-0.15, -0.1) is 0 Å². The van der Waals surface area contributed by atoms with E-state index in [4.69, 9.17) is 11.5 Å². The summed E-state index contributed by atoms with van der Waals surface area (Å²) in [4.78, 5) is 20.0. The van der Waals surface area contributed by atoms with Crippen molar-refractivity contribution in [1.29, 1.82) is 0 Å². The molecule has 0 aromatic heterocycles. The summed E-state index contributed by atoms with van der Waals surface area (Å²) in [6.07, 6.45) is 0.727. The van der Waals surface area contributed by atoms with Crippen LogP contribution in [0.4, 0.5) is 0 Å². The Labute approximate surface area is 53.2 Å². The molecule has 0 rings (SSSR count). The lowest BCUT2D eigenvalue weighted by Crippen LogP contribution is -2.10. The fraction of sp³-hybridized carbons (Fsp3) is 0.600. The molecule has 0 saturated heterocycles. The lowest BCUT2D eigenvalue weighted by atomic mass is 10.2. The summed E-state index contributed by atoms with van der Waals surface area (Å²) in [7, 11) is 0. The normalized spacial score (nSPS) is 8.89. The number of rotatable bonds is 4. The third kappa shape index (κ3) is 6.94. The van der Waals surface area contributed by atoms with Gasteiger partial charge in [-0.2, -0.15) is 0 Å². The molecule has 0 aromatic rings. The molecular weight excluding hydrogens is 120 g/mol. The molecule has 2 amide bonds. The van der Waals surface area contributed by atoms with Gasteiger partial charge in [0.25, 0.3) is 0 Å². The molecule has 0 fully saturated rings. The summed E-state index contributed by atoms with van der Waals surface area (Å²) in [5.74, 6) is -1.06. The lowest BCUT2D eigenvalue weighted by molar-refractivity contribution is -0.119. The summed E-state index contributed by atoms with van der Waals surface area (Å²) in [5.41, 5.74) is 11.2. The lowest BCUT2D eigenvalue weighted by Gasteiger charge is -1.89. The van der Waals surface area contributed by atoms with Gasteiger partial charge in [0.15, 0.2) is 0 Å². The molecule has 0 saturated carbocycles. The van der Waals surface area contributed by atoms with Crippen LogP contribution in [0.2, 0.25) is 0 Å². The molecule has 9 heavy (non-hydrogen) atoms. The predicted molar refractivity (Wildman–Crippen MR) is 31.1 cm³/mol. The first-order chi connectivity index (χ1) is 4.13. The van der Waals surface area contributed by atoms with E-state index in [1.165, 1.54) is 0 Å². The molecule has 0 aliphatic carbocycles. The SMILES string of the molecule is [NH]C(=O)CCCC(N)=O. The van der Waals surface area contributed by atoms with Crippen molar-refractivity contribution in [3.63, 3.8) is 0 Å². The Hall–Kier alpha value is -1.06. The number of nitrogens with one attached hydrogen (secondary N) is 1. The molecule has 0 heterocycles. The van der Waals surface area contributed by atoms with E-state index in [1.807, 2.05) is 0 Å². The van der Waals surface area contributed by atoms with Gasteiger partial charge in [0.05, 0.1) is 0 Å². The zero-order valence-electron chi connectivity index (χ0n) is 5.02. The molecule has 3 N–H and O–H groups in total. The third-order valence-electron chi connectivity index (χ3n) is 0.827. The zero-order valence-corrected chi connectivity index (χ0v) is 5.02. The average molecular weight is 129 g/mol. The zero-order chi connectivity index (χ0) is 7.28. The number of primary amides is 1. The second kappa shape index (κ2) is 3.88. The highest BCUT2D eigenvalue weighted by atomic mass is 16.1. The van der Waals surface area contributed by atoms with Crippen molar-refractivity contribution in [2.24, 2.45) is 5.73 Å². The van der Waals surface area contributed by atoms with E-state index in [-0.39, 0.29) is 12.8 Å². The molecule has 0 spiro atoms. The van der Waals surface area contributed by atoms with Gasteiger partial charge in [-0.05, 0) is 6.42 Å². The maximum absolute atomic E-state index is 10.0. The van der Waals surface area contributed by atoms with Gasteiger partial charge in [-0.1, -0.05) is 0 Å². The van der Waals surface area contributed by atoms with E-state index >= 15 is 0 Å². The van der Waals surface area contributed by atoms with Gasteiger partial charge >= 0.3 is 0 Å². The Morgan fingerprint density at radius 1 is 1.33 bits per heavy atom. The van der Waals surface area contributed by atoms with E-state index in [0.29, 0.717) is 6.42 Å². The molecule has 1 radical (unpaired) electrons. The van der Waals surface area contributed by atoms with Crippen molar-refractivity contribution in [3.05, 3.63) is 0 Å². The number of nitrogens with two attached hydrogens (primary N) is 1. The van der Waals surface area contributed by atoms with E-state index in [2.05, 4.69) is 0 Å². The summed E-state index contributed by atoms with van der Waals surface area (Å²) in [6.45, 7) is 0. The van der Waals surface area contributed by atoms with E-state index in [0.717, 1.165) is 0 Å². The molecule has 0 bridgehead atoms. The Morgan fingerprint density at radius 2 is 1.89 bits per heavy atom. The Balaban J connectivity index is 3.10. The summed E-state index contributed by atoms with van der Waals surface area (Å²) < 4.78 is 0. The Bertz CT molecular complexity index is 108. The van der Waals surface area contributed by atoms with Crippen LogP contribution in [0.1, 0.15) is 19.3 Å². The Kier molecular flexibility index (Phi) is 3.43. The van der Waals surface area contributed by atoms with Crippen molar-refractivity contribution in [2.75, 3.05) is 0 Å². The highest BCUT2D eigenvalue weighted by Gasteiger charge is 1.97. The minimum atomic E-state index is -0.642. The van der Waals surface area contributed by atoms with E-state index in [1.54, 1.807) is 0 Å². The predicted octanol–water partition coefficient (Wildman–Crippen LogP) is -0.549. The largest absolute Gasteiger partial charge is 0.370 e. The fourth-order valence-electron chi connectivity index (χ4n) is 0.423. The summed E-state index contributed by atoms with van der Waals surface area (Å²) in [6, 6.07) is 0. The molecule has 0 unspecified atom stereocenters. The molecule has 0 aliphatic rings. The maximum atomic E-state index is 10.0. The quantitative estimate of drug-likeness (QED) is 0.552. The standard InChI is InChI=1S/C5H9N2O2/c6-4(8)2-1-3-5(7)9/h6H,1-3H2,(H2,7,9). The second-order valence-corrected chi connectivity index (χ2v) is 1.74. The van der Waals surface area contributed by atoms with Gasteiger partial charge in [-0.25, -0.2) is 0 Å². The molecular formula is C5H9N2O2. The number of amides is 2. The first kappa shape index (κ1) is 7.94. The van der Waals surface area contributed by atoms with Crippen molar-refractivity contribution in [3.8, 4) is 0 Å². The van der Waals surface area contributed by atoms with E-state index < -0.39 is 11.8 Å². The maximum Gasteiger partial charge on any atom is 0.238 e. The van der Waals surface area contributed by atoms with Crippen LogP contribution in [0.15, 0.2) is 0 Å². The van der Waals surface area contributed by atoms with Crippen LogP contribution in [-0.2, 0) is 9.59 Å². The highest BCUT2D eigenvalue weighted by molar-refractivity contribution is 5.76. The van der Waals surface area contributed by atoms with E-state index in [9.17, 15) is 9.59 Å². The van der Waals surface area contributed by atoms with Crippen LogP contribution in [0.25, 0.3) is 0 Å². The first-order valence-corrected chi connectivity index (χ1v) is 2.65. The van der Waals surface area contributed by atoms with Crippen LogP contribution in [-0.4, -0.2) is 11.8 Å². The van der Waals surface area contributed by atoms with Crippen LogP contribution < -0.4 is 11.5 Å². The topological polar surface area (TPSA) is 84.0 Å². The summed E-state index contributed by atoms with van der Waals surface area (Å²) in [5, 5.41) is 0. The number of carbonyl (C=O) groups is 2. The van der Waals surface area contributed by atoms with Gasteiger partial charge in [-0.3, -0.25) is 15.3 Å². The van der Waals surface area contributed by atoms with Gasteiger partial charge < -0.3 is 5.73 Å². The average Bonchev–Trinajstić information content (AvgIpc) is 1.63. The first-order valence-electron chi connectivity index (χ1n) is 2.65. The van der Waals surface area contributed by atoms with Crippen molar-refractivity contribution < 1.29 is 9.59 Å². The third-order valence-corrected chi connectivity index (χ3v) is 0.827. The number of hydrogen-bond acceptors (Lipinski definition) is 2. The molecule has 51 valence electrons. The fourth-order valence-corrected chi connectivity index (χ4v) is 0.423. The van der Waals surface area contributed by atoms with Crippen LogP contribution in [0.5, 0.6) is 0 Å². The smallest absolute Gasteiger partial charge is 0.238 e. The molecule has 0 aromatic carbocycles. The van der Waals surface area contributed by atoms with Crippen molar-refractivity contribution in [1.82, 2.24) is 5.73 Å². The molecule has 4 nitrogen and oxygen atoms in total. The molecule has 4 heteroatoms. The Morgan fingerprint density at radius 3 is 2.22 bits per heavy atom. The molecule has 0 atom stereocenters. The van der Waals surface area contributed by atoms with Gasteiger partial charge in [0.2, 0.25) is 11.8 Å². The second-order valence-electron chi connectivity index (χ2n) is 1.74. The van der Waals surface area contributed by atoms with Crippen LogP contribution in [0, 0.1) is 0 Å². The number of hydrogen-bond donors (Lipinski definition) is 1. The van der Waals surface area contributed by atoms with Crippen molar-refractivity contribution >= 4 is 11.8 Å². The van der Waals surface area contributed by atoms with Crippen LogP contribution in [0.3, 0.4) is 0 Å². The van der Waals surface area contributed by atoms with Crippen molar-refractivity contribution in [2.45, 2.75) is 19.3 Å². The monoisotopic (exact) mass is 129 g/mol. The highest BCUT2D eigenvalue weighted by Crippen LogP contribution is 1.92. The van der Waals surface area contributed by atoms with Gasteiger partial charge in [0, 0.05) is 12.8 Å². The number of carbonyl (C=O) groups excluding carboxylic acids is 2. The minimum Gasteiger partial charge on any atom is -0.370 e. The van der Waals surface area contributed by atoms with Crippen LogP contribution >= 0.6 is 0 Å². The van der Waals surface area contributed by atoms with Gasteiger partial charge in [0.1, 0.15) is 0 Å².